The Morgan fingerprint density at radius 3 is 1.91 bits per heavy atom. The van der Waals surface area contributed by atoms with Crippen molar-refractivity contribution in [1.82, 2.24) is 20.9 Å². The van der Waals surface area contributed by atoms with E-state index in [1.807, 2.05) is 15.7 Å². The molecule has 8 nitrogen and oxygen atoms in total. The van der Waals surface area contributed by atoms with Crippen LogP contribution < -0.4 is 16.0 Å². The summed E-state index contributed by atoms with van der Waals surface area (Å²) in [6.45, 7) is 1.80. The molecule has 0 aliphatic heterocycles. The lowest BCUT2D eigenvalue weighted by Gasteiger charge is -2.22. The highest BCUT2D eigenvalue weighted by Crippen LogP contribution is 2.27. The summed E-state index contributed by atoms with van der Waals surface area (Å²) in [5, 5.41) is 15.8. The van der Waals surface area contributed by atoms with Crippen LogP contribution in [-0.4, -0.2) is 60.7 Å². The summed E-state index contributed by atoms with van der Waals surface area (Å²) in [5.41, 5.74) is 1.28. The highest BCUT2D eigenvalue weighted by Gasteiger charge is 2.31. The summed E-state index contributed by atoms with van der Waals surface area (Å²) in [5.74, 6) is -0.260. The smallest absolute Gasteiger partial charge is 0.252 e. The fraction of sp³-hybridized carbons (Fsp3) is 0.478. The van der Waals surface area contributed by atoms with Gasteiger partial charge in [0.15, 0.2) is 0 Å². The largest absolute Gasteiger partial charge is 0.354 e. The number of hydrogen-bond acceptors (Lipinski definition) is 6. The van der Waals surface area contributed by atoms with Crippen LogP contribution >= 0.6 is 22.7 Å². The van der Waals surface area contributed by atoms with Crippen molar-refractivity contribution < 1.29 is 19.2 Å². The number of amides is 4. The average molecular weight is 491 g/mol. The second kappa shape index (κ2) is 13.1. The molecule has 178 valence electrons. The molecule has 2 aromatic heterocycles. The van der Waals surface area contributed by atoms with Gasteiger partial charge in [-0.3, -0.25) is 19.2 Å². The summed E-state index contributed by atoms with van der Waals surface area (Å²) < 4.78 is 0. The minimum absolute atomic E-state index is 0.0627. The zero-order valence-corrected chi connectivity index (χ0v) is 20.1. The van der Waals surface area contributed by atoms with Crippen molar-refractivity contribution in [3.8, 4) is 0 Å². The molecule has 10 heteroatoms. The molecule has 0 unspecified atom stereocenters. The van der Waals surface area contributed by atoms with Gasteiger partial charge in [-0.2, -0.15) is 22.7 Å². The first-order valence-corrected chi connectivity index (χ1v) is 13.1. The number of hydrogen-bond donors (Lipinski definition) is 3. The third kappa shape index (κ3) is 8.62. The van der Waals surface area contributed by atoms with Gasteiger partial charge in [0.05, 0.1) is 0 Å². The molecule has 0 spiro atoms. The molecule has 0 saturated heterocycles. The summed E-state index contributed by atoms with van der Waals surface area (Å²) >= 11 is 2.94. The maximum Gasteiger partial charge on any atom is 0.252 e. The van der Waals surface area contributed by atoms with Gasteiger partial charge in [0, 0.05) is 66.9 Å². The Kier molecular flexibility index (Phi) is 9.89. The van der Waals surface area contributed by atoms with Crippen molar-refractivity contribution in [3.05, 3.63) is 44.8 Å². The van der Waals surface area contributed by atoms with E-state index in [1.165, 1.54) is 22.7 Å². The Bertz CT molecular complexity index is 911. The quantitative estimate of drug-likeness (QED) is 0.354. The molecular formula is C23H30N4O4S2. The Labute approximate surface area is 201 Å². The van der Waals surface area contributed by atoms with Crippen molar-refractivity contribution >= 4 is 46.3 Å². The lowest BCUT2D eigenvalue weighted by Crippen LogP contribution is -2.40. The van der Waals surface area contributed by atoms with Gasteiger partial charge < -0.3 is 20.9 Å². The molecule has 1 aliphatic rings. The second-order valence-electron chi connectivity index (χ2n) is 7.91. The van der Waals surface area contributed by atoms with Crippen LogP contribution in [0.2, 0.25) is 0 Å². The molecule has 0 bridgehead atoms. The van der Waals surface area contributed by atoms with Crippen molar-refractivity contribution in [1.29, 1.82) is 0 Å². The number of carbonyl (C=O) groups is 4. The number of nitrogens with zero attached hydrogens (tertiary/aromatic N) is 1. The molecule has 1 saturated carbocycles. The van der Waals surface area contributed by atoms with Crippen LogP contribution in [0.25, 0.3) is 0 Å². The van der Waals surface area contributed by atoms with E-state index in [2.05, 4.69) is 16.0 Å². The normalized spacial score (nSPS) is 12.7. The SMILES string of the molecule is O=C(CCCNC(=O)c1ccsc1)NCCN(C(=O)CCCNC(=O)c1ccsc1)C1CC1. The highest BCUT2D eigenvalue weighted by molar-refractivity contribution is 7.08. The lowest BCUT2D eigenvalue weighted by molar-refractivity contribution is -0.132. The van der Waals surface area contributed by atoms with Gasteiger partial charge in [-0.1, -0.05) is 0 Å². The van der Waals surface area contributed by atoms with Crippen molar-refractivity contribution in [2.24, 2.45) is 0 Å². The van der Waals surface area contributed by atoms with E-state index in [-0.39, 0.29) is 29.7 Å². The van der Waals surface area contributed by atoms with Crippen LogP contribution in [0.1, 0.15) is 59.2 Å². The zero-order chi connectivity index (χ0) is 23.5. The Balaban J connectivity index is 1.25. The van der Waals surface area contributed by atoms with Gasteiger partial charge in [0.2, 0.25) is 11.8 Å². The predicted molar refractivity (Wildman–Crippen MR) is 130 cm³/mol. The van der Waals surface area contributed by atoms with E-state index in [4.69, 9.17) is 0 Å². The average Bonchev–Trinajstić information content (AvgIpc) is 3.26. The minimum Gasteiger partial charge on any atom is -0.354 e. The fourth-order valence-electron chi connectivity index (χ4n) is 3.33. The minimum atomic E-state index is -0.124. The van der Waals surface area contributed by atoms with Gasteiger partial charge in [-0.25, -0.2) is 0 Å². The van der Waals surface area contributed by atoms with Crippen LogP contribution in [0.3, 0.4) is 0 Å². The van der Waals surface area contributed by atoms with E-state index >= 15 is 0 Å². The van der Waals surface area contributed by atoms with Gasteiger partial charge in [0.1, 0.15) is 0 Å². The first kappa shape index (κ1) is 24.9. The van der Waals surface area contributed by atoms with Crippen LogP contribution in [0.15, 0.2) is 33.7 Å². The molecule has 1 fully saturated rings. The molecule has 0 aromatic carbocycles. The van der Waals surface area contributed by atoms with Crippen LogP contribution in [0.4, 0.5) is 0 Å². The maximum atomic E-state index is 12.6. The number of carbonyl (C=O) groups excluding carboxylic acids is 4. The van der Waals surface area contributed by atoms with E-state index in [0.717, 1.165) is 12.8 Å². The van der Waals surface area contributed by atoms with Crippen molar-refractivity contribution in [3.63, 3.8) is 0 Å². The molecule has 2 heterocycles. The molecule has 33 heavy (non-hydrogen) atoms. The molecule has 3 rings (SSSR count). The number of nitrogens with one attached hydrogen (secondary N) is 3. The molecule has 3 N–H and O–H groups in total. The summed E-state index contributed by atoms with van der Waals surface area (Å²) in [4.78, 5) is 50.3. The molecule has 1 aliphatic carbocycles. The molecule has 2 aromatic rings. The summed E-state index contributed by atoms with van der Waals surface area (Å²) in [6.07, 6.45) is 3.84. The van der Waals surface area contributed by atoms with Crippen LogP contribution in [0, 0.1) is 0 Å². The fourth-order valence-corrected chi connectivity index (χ4v) is 4.60. The van der Waals surface area contributed by atoms with E-state index in [9.17, 15) is 19.2 Å². The maximum absolute atomic E-state index is 12.6. The first-order valence-electron chi connectivity index (χ1n) is 11.2. The van der Waals surface area contributed by atoms with Crippen LogP contribution in [0.5, 0.6) is 0 Å². The Morgan fingerprint density at radius 2 is 1.39 bits per heavy atom. The van der Waals surface area contributed by atoms with Crippen molar-refractivity contribution in [2.45, 2.75) is 44.6 Å². The summed E-state index contributed by atoms with van der Waals surface area (Å²) in [7, 11) is 0. The summed E-state index contributed by atoms with van der Waals surface area (Å²) in [6, 6.07) is 3.80. The van der Waals surface area contributed by atoms with E-state index in [1.54, 1.807) is 22.9 Å². The molecule has 0 atom stereocenters. The number of thiophene rings is 2. The number of rotatable bonds is 14. The van der Waals surface area contributed by atoms with E-state index < -0.39 is 0 Å². The van der Waals surface area contributed by atoms with Gasteiger partial charge in [-0.15, -0.1) is 0 Å². The topological polar surface area (TPSA) is 108 Å². The lowest BCUT2D eigenvalue weighted by atomic mass is 10.2. The van der Waals surface area contributed by atoms with Gasteiger partial charge in [-0.05, 0) is 48.6 Å². The predicted octanol–water partition coefficient (Wildman–Crippen LogP) is 2.64. The standard InChI is InChI=1S/C23H30N4O4S2/c28-20(3-1-9-25-22(30)17-7-13-32-15-17)24-11-12-27(19-5-6-19)21(29)4-2-10-26-23(31)18-8-14-33-16-18/h7-8,13-16,19H,1-6,9-12H2,(H,24,28)(H,25,30)(H,26,31). The molecule has 0 radical (unpaired) electrons. The van der Waals surface area contributed by atoms with Gasteiger partial charge >= 0.3 is 0 Å². The Morgan fingerprint density at radius 1 is 0.818 bits per heavy atom. The highest BCUT2D eigenvalue weighted by atomic mass is 32.1. The van der Waals surface area contributed by atoms with E-state index in [0.29, 0.717) is 63.0 Å². The monoisotopic (exact) mass is 490 g/mol. The third-order valence-electron chi connectivity index (χ3n) is 5.27. The Hall–Kier alpha value is -2.72. The van der Waals surface area contributed by atoms with Crippen LogP contribution in [-0.2, 0) is 9.59 Å². The van der Waals surface area contributed by atoms with Gasteiger partial charge in [0.25, 0.3) is 11.8 Å². The first-order chi connectivity index (χ1) is 16.0. The second-order valence-corrected chi connectivity index (χ2v) is 9.47. The zero-order valence-electron chi connectivity index (χ0n) is 18.5. The third-order valence-corrected chi connectivity index (χ3v) is 6.64. The van der Waals surface area contributed by atoms with Crippen molar-refractivity contribution in [2.75, 3.05) is 26.2 Å². The molecular weight excluding hydrogens is 460 g/mol. The molecule has 4 amide bonds.